The Balaban J connectivity index is 1.31. The van der Waals surface area contributed by atoms with Gasteiger partial charge in [-0.1, -0.05) is 0 Å². The smallest absolute Gasteiger partial charge is 0.305 e. The van der Waals surface area contributed by atoms with Gasteiger partial charge in [-0.05, 0) is 49.6 Å². The summed E-state index contributed by atoms with van der Waals surface area (Å²) in [6, 6.07) is 7.16. The summed E-state index contributed by atoms with van der Waals surface area (Å²) in [4.78, 5) is 11.7. The molecule has 6 nitrogen and oxygen atoms in total. The lowest BCUT2D eigenvalue weighted by atomic mass is 9.86. The molecular weight excluding hydrogens is 458 g/mol. The van der Waals surface area contributed by atoms with Crippen LogP contribution < -0.4 is 9.47 Å². The molecule has 2 aromatic rings. The minimum absolute atomic E-state index is 0.0367. The summed E-state index contributed by atoms with van der Waals surface area (Å²) in [5, 5.41) is 0. The van der Waals surface area contributed by atoms with Crippen molar-refractivity contribution in [2.24, 2.45) is 11.8 Å². The van der Waals surface area contributed by atoms with Crippen LogP contribution in [0.4, 0.5) is 8.78 Å². The number of benzene rings is 2. The largest absolute Gasteiger partial charge is 0.497 e. The maximum atomic E-state index is 14.9. The first-order chi connectivity index (χ1) is 17.0. The summed E-state index contributed by atoms with van der Waals surface area (Å²) in [6.07, 6.45) is 5.36. The lowest BCUT2D eigenvalue weighted by molar-refractivity contribution is -0.142. The average Bonchev–Trinajstić information content (AvgIpc) is 3.46. The third-order valence-electron chi connectivity index (χ3n) is 6.79. The van der Waals surface area contributed by atoms with Gasteiger partial charge in [0.25, 0.3) is 0 Å². The quantitative estimate of drug-likeness (QED) is 0.465. The lowest BCUT2D eigenvalue weighted by Gasteiger charge is -2.22. The number of halogens is 2. The predicted octanol–water partition coefficient (Wildman–Crippen LogP) is 5.77. The minimum Gasteiger partial charge on any atom is -0.497 e. The van der Waals surface area contributed by atoms with Gasteiger partial charge in [0.05, 0.1) is 27.2 Å². The number of hydrogen-bond acceptors (Lipinski definition) is 6. The number of fused-ring (bicyclic) bond motifs is 2. The van der Waals surface area contributed by atoms with Crippen molar-refractivity contribution in [3.05, 3.63) is 76.8 Å². The second-order valence-corrected chi connectivity index (χ2v) is 8.83. The highest BCUT2D eigenvalue weighted by atomic mass is 19.1. The molecule has 8 heteroatoms. The van der Waals surface area contributed by atoms with Crippen LogP contribution in [-0.4, -0.2) is 26.8 Å². The second-order valence-electron chi connectivity index (χ2n) is 8.83. The van der Waals surface area contributed by atoms with E-state index in [1.807, 2.05) is 12.2 Å². The Morgan fingerprint density at radius 3 is 2.71 bits per heavy atom. The molecule has 1 aliphatic heterocycles. The summed E-state index contributed by atoms with van der Waals surface area (Å²) in [7, 11) is 2.84. The average molecular weight is 484 g/mol. The highest BCUT2D eigenvalue weighted by Gasteiger charge is 2.37. The van der Waals surface area contributed by atoms with Gasteiger partial charge in [0.1, 0.15) is 34.9 Å². The van der Waals surface area contributed by atoms with Crippen molar-refractivity contribution < 1.29 is 37.3 Å². The molecule has 3 atom stereocenters. The molecule has 0 saturated carbocycles. The van der Waals surface area contributed by atoms with E-state index in [4.69, 9.17) is 23.7 Å². The number of methoxy groups -OCH3 is 2. The van der Waals surface area contributed by atoms with Crippen LogP contribution >= 0.6 is 0 Å². The highest BCUT2D eigenvalue weighted by molar-refractivity contribution is 5.69. The fourth-order valence-corrected chi connectivity index (χ4v) is 4.97. The van der Waals surface area contributed by atoms with Crippen molar-refractivity contribution in [3.63, 3.8) is 0 Å². The Labute approximate surface area is 202 Å². The number of rotatable bonds is 7. The molecule has 3 aliphatic rings. The first-order valence-electron chi connectivity index (χ1n) is 11.6. The third kappa shape index (κ3) is 4.57. The predicted molar refractivity (Wildman–Crippen MR) is 122 cm³/mol. The van der Waals surface area contributed by atoms with Crippen LogP contribution in [-0.2, 0) is 25.4 Å². The maximum absolute atomic E-state index is 14.9. The zero-order chi connectivity index (χ0) is 24.5. The Hall–Kier alpha value is -3.55. The fourth-order valence-electron chi connectivity index (χ4n) is 4.97. The van der Waals surface area contributed by atoms with Crippen molar-refractivity contribution in [2.75, 3.05) is 20.8 Å². The van der Waals surface area contributed by atoms with E-state index in [0.717, 1.165) is 5.76 Å². The van der Waals surface area contributed by atoms with E-state index < -0.39 is 11.9 Å². The van der Waals surface area contributed by atoms with E-state index in [1.165, 1.54) is 38.5 Å². The number of hydrogen-bond donors (Lipinski definition) is 0. The SMILES string of the molecule is COC(=O)C[C@@H]1COC2=CC(O[C@@H]3CCc4c(Oc5ccc(OC)cc5F)ccc(F)c43)=CCC21. The molecule has 0 N–H and O–H groups in total. The first kappa shape index (κ1) is 23.2. The van der Waals surface area contributed by atoms with E-state index in [1.54, 1.807) is 6.07 Å². The molecular formula is C27H26F2O6. The van der Waals surface area contributed by atoms with Gasteiger partial charge in [-0.2, -0.15) is 0 Å². The molecule has 0 spiro atoms. The lowest BCUT2D eigenvalue weighted by Crippen LogP contribution is -2.18. The first-order valence-corrected chi connectivity index (χ1v) is 11.6. The van der Waals surface area contributed by atoms with E-state index in [-0.39, 0.29) is 29.4 Å². The van der Waals surface area contributed by atoms with Crippen LogP contribution in [0.25, 0.3) is 0 Å². The van der Waals surface area contributed by atoms with Gasteiger partial charge in [0, 0.05) is 35.1 Å². The van der Waals surface area contributed by atoms with Gasteiger partial charge in [-0.15, -0.1) is 0 Å². The van der Waals surface area contributed by atoms with Crippen molar-refractivity contribution in [2.45, 2.75) is 31.8 Å². The molecule has 1 saturated heterocycles. The summed E-state index contributed by atoms with van der Waals surface area (Å²) < 4.78 is 56.9. The second kappa shape index (κ2) is 9.60. The number of carbonyl (C=O) groups is 1. The van der Waals surface area contributed by atoms with Crippen molar-refractivity contribution >= 4 is 5.97 Å². The Kier molecular flexibility index (Phi) is 6.36. The molecule has 5 rings (SSSR count). The summed E-state index contributed by atoms with van der Waals surface area (Å²) in [5.41, 5.74) is 1.09. The zero-order valence-electron chi connectivity index (χ0n) is 19.5. The van der Waals surface area contributed by atoms with Crippen molar-refractivity contribution in [1.29, 1.82) is 0 Å². The van der Waals surface area contributed by atoms with Gasteiger partial charge in [0.15, 0.2) is 11.6 Å². The number of allylic oxidation sites excluding steroid dienone is 3. The van der Waals surface area contributed by atoms with E-state index in [0.29, 0.717) is 60.7 Å². The molecule has 0 radical (unpaired) electrons. The van der Waals surface area contributed by atoms with Gasteiger partial charge < -0.3 is 23.7 Å². The molecule has 184 valence electrons. The standard InChI is InChI=1S/C27H26F2O6/c1-31-16-4-8-23(21(29)12-16)35-22-10-7-20(28)27-19(22)6-9-24(27)34-17-3-5-18-15(11-26(30)32-2)14-33-25(18)13-17/h3-4,7-8,10,12-13,15,18,24H,5-6,9,11,14H2,1-2H3/t15-,18?,24-/m1/s1. The zero-order valence-corrected chi connectivity index (χ0v) is 19.5. The van der Waals surface area contributed by atoms with Gasteiger partial charge >= 0.3 is 5.97 Å². The van der Waals surface area contributed by atoms with Crippen molar-refractivity contribution in [3.8, 4) is 17.2 Å². The van der Waals surface area contributed by atoms with Crippen LogP contribution in [0.2, 0.25) is 0 Å². The highest BCUT2D eigenvalue weighted by Crippen LogP contribution is 2.45. The molecule has 1 heterocycles. The molecule has 2 aromatic carbocycles. The maximum Gasteiger partial charge on any atom is 0.305 e. The summed E-state index contributed by atoms with van der Waals surface area (Å²) in [6.45, 7) is 0.455. The molecule has 0 aromatic heterocycles. The van der Waals surface area contributed by atoms with E-state index in [9.17, 15) is 13.6 Å². The fraction of sp³-hybridized carbons (Fsp3) is 0.370. The molecule has 0 amide bonds. The normalized spacial score (nSPS) is 22.3. The Bertz CT molecular complexity index is 1200. The molecule has 35 heavy (non-hydrogen) atoms. The number of ether oxygens (including phenoxy) is 5. The van der Waals surface area contributed by atoms with Crippen LogP contribution in [0.3, 0.4) is 0 Å². The van der Waals surface area contributed by atoms with Crippen LogP contribution in [0.15, 0.2) is 54.0 Å². The van der Waals surface area contributed by atoms with Crippen molar-refractivity contribution in [1.82, 2.24) is 0 Å². The number of carbonyl (C=O) groups excluding carboxylic acids is 1. The van der Waals surface area contributed by atoms with Crippen LogP contribution in [0, 0.1) is 23.5 Å². The topological polar surface area (TPSA) is 63.2 Å². The minimum atomic E-state index is -0.566. The van der Waals surface area contributed by atoms with E-state index in [2.05, 4.69) is 0 Å². The van der Waals surface area contributed by atoms with Crippen LogP contribution in [0.5, 0.6) is 17.2 Å². The summed E-state index contributed by atoms with van der Waals surface area (Å²) >= 11 is 0. The molecule has 1 unspecified atom stereocenters. The monoisotopic (exact) mass is 484 g/mol. The van der Waals surface area contributed by atoms with Gasteiger partial charge in [-0.25, -0.2) is 8.78 Å². The number of esters is 1. The molecule has 1 fully saturated rings. The third-order valence-corrected chi connectivity index (χ3v) is 6.79. The summed E-state index contributed by atoms with van der Waals surface area (Å²) in [5.74, 6) is 1.17. The van der Waals surface area contributed by atoms with E-state index >= 15 is 0 Å². The molecule has 0 bridgehead atoms. The van der Waals surface area contributed by atoms with Gasteiger partial charge in [0.2, 0.25) is 0 Å². The van der Waals surface area contributed by atoms with Gasteiger partial charge in [-0.3, -0.25) is 4.79 Å². The Morgan fingerprint density at radius 2 is 1.94 bits per heavy atom. The molecule has 2 aliphatic carbocycles. The Morgan fingerprint density at radius 1 is 1.11 bits per heavy atom. The van der Waals surface area contributed by atoms with Crippen LogP contribution in [0.1, 0.15) is 36.5 Å².